The number of nitrogens with zero attached hydrogens (tertiary/aromatic N) is 3. The van der Waals surface area contributed by atoms with Crippen LogP contribution < -0.4 is 10.5 Å². The first-order valence-electron chi connectivity index (χ1n) is 4.68. The van der Waals surface area contributed by atoms with Crippen LogP contribution in [0.4, 0.5) is 5.95 Å². The zero-order valence-corrected chi connectivity index (χ0v) is 9.40. The van der Waals surface area contributed by atoms with Gasteiger partial charge in [0.05, 0.1) is 7.11 Å². The normalized spacial score (nSPS) is 9.17. The Hall–Kier alpha value is -2.84. The summed E-state index contributed by atoms with van der Waals surface area (Å²) >= 11 is 0. The number of anilines is 1. The van der Waals surface area contributed by atoms with Crippen molar-refractivity contribution in [1.29, 1.82) is 0 Å². The lowest BCUT2D eigenvalue weighted by Gasteiger charge is -1.99. The fourth-order valence-electron chi connectivity index (χ4n) is 1.15. The van der Waals surface area contributed by atoms with E-state index < -0.39 is 5.09 Å². The maximum absolute atomic E-state index is 8.36. The van der Waals surface area contributed by atoms with Crippen molar-refractivity contribution in [3.05, 3.63) is 34.4 Å². The van der Waals surface area contributed by atoms with Gasteiger partial charge in [-0.1, -0.05) is 0 Å². The molecule has 0 unspecified atom stereocenters. The van der Waals surface area contributed by atoms with Crippen molar-refractivity contribution in [2.24, 2.45) is 0 Å². The van der Waals surface area contributed by atoms with Crippen LogP contribution in [0.2, 0.25) is 0 Å². The van der Waals surface area contributed by atoms with E-state index in [1.54, 1.807) is 7.11 Å². The van der Waals surface area contributed by atoms with Gasteiger partial charge in [-0.05, 0) is 24.3 Å². The van der Waals surface area contributed by atoms with Crippen LogP contribution in [0.3, 0.4) is 0 Å². The summed E-state index contributed by atoms with van der Waals surface area (Å²) in [6.45, 7) is 0. The van der Waals surface area contributed by atoms with Gasteiger partial charge in [0.15, 0.2) is 5.82 Å². The lowest BCUT2D eigenvalue weighted by atomic mass is 10.2. The summed E-state index contributed by atoms with van der Waals surface area (Å²) in [4.78, 5) is 12.4. The molecule has 2 rings (SSSR count). The molecule has 0 fully saturated rings. The molecule has 0 aliphatic carbocycles. The fourth-order valence-corrected chi connectivity index (χ4v) is 1.15. The quantitative estimate of drug-likeness (QED) is 0.528. The molecule has 0 aliphatic rings. The maximum atomic E-state index is 8.36. The van der Waals surface area contributed by atoms with Gasteiger partial charge in [0.2, 0.25) is 5.95 Å². The molecule has 2 aromatic rings. The molecule has 0 radical (unpaired) electrons. The number of hydrogen-bond donors (Lipinski definition) is 3. The van der Waals surface area contributed by atoms with Gasteiger partial charge in [-0.15, -0.1) is 15.2 Å². The standard InChI is InChI=1S/C9H10N4O.HNO3/c1-14-7-4-2-6(3-5-7)8-11-9(10)13-12-8;2-1(3)4/h2-5H,1H3,(H3,10,11,12,13);(H,2,3,4). The van der Waals surface area contributed by atoms with E-state index in [0.29, 0.717) is 5.82 Å². The van der Waals surface area contributed by atoms with Gasteiger partial charge in [0.25, 0.3) is 5.09 Å². The highest BCUT2D eigenvalue weighted by Crippen LogP contribution is 2.18. The molecule has 0 spiro atoms. The number of H-pyrrole nitrogens is 1. The number of ether oxygens (including phenoxy) is 1. The minimum Gasteiger partial charge on any atom is -0.497 e. The molecule has 1 aromatic carbocycles. The number of rotatable bonds is 2. The van der Waals surface area contributed by atoms with Crippen molar-refractivity contribution in [2.75, 3.05) is 12.8 Å². The topological polar surface area (TPSA) is 140 Å². The molecular weight excluding hydrogens is 242 g/mol. The van der Waals surface area contributed by atoms with Crippen LogP contribution in [0.5, 0.6) is 5.75 Å². The lowest BCUT2D eigenvalue weighted by molar-refractivity contribution is -0.742. The second-order valence-electron chi connectivity index (χ2n) is 3.01. The van der Waals surface area contributed by atoms with E-state index in [4.69, 9.17) is 25.8 Å². The van der Waals surface area contributed by atoms with Gasteiger partial charge in [-0.2, -0.15) is 4.98 Å². The largest absolute Gasteiger partial charge is 0.497 e. The molecule has 9 heteroatoms. The van der Waals surface area contributed by atoms with Gasteiger partial charge in [0, 0.05) is 5.56 Å². The molecule has 0 atom stereocenters. The average molecular weight is 253 g/mol. The molecule has 0 bridgehead atoms. The molecule has 0 saturated heterocycles. The van der Waals surface area contributed by atoms with Gasteiger partial charge < -0.3 is 15.7 Å². The smallest absolute Gasteiger partial charge is 0.291 e. The number of aromatic amines is 1. The Morgan fingerprint density at radius 1 is 1.44 bits per heavy atom. The number of benzene rings is 1. The van der Waals surface area contributed by atoms with Gasteiger partial charge in [-0.25, -0.2) is 0 Å². The molecule has 0 saturated carbocycles. The van der Waals surface area contributed by atoms with E-state index >= 15 is 0 Å². The van der Waals surface area contributed by atoms with Crippen LogP contribution in [0.15, 0.2) is 24.3 Å². The van der Waals surface area contributed by atoms with Crippen molar-refractivity contribution >= 4 is 5.95 Å². The highest BCUT2D eigenvalue weighted by molar-refractivity contribution is 5.56. The van der Waals surface area contributed by atoms with Crippen LogP contribution in [-0.4, -0.2) is 32.6 Å². The number of nitrogen functional groups attached to an aromatic ring is 1. The minimum atomic E-state index is -1.50. The Morgan fingerprint density at radius 2 is 2.00 bits per heavy atom. The van der Waals surface area contributed by atoms with Gasteiger partial charge >= 0.3 is 0 Å². The summed E-state index contributed by atoms with van der Waals surface area (Å²) in [7, 11) is 1.63. The average Bonchev–Trinajstić information content (AvgIpc) is 2.75. The number of nitrogens with two attached hydrogens (primary N) is 1. The zero-order valence-electron chi connectivity index (χ0n) is 9.40. The first-order valence-corrected chi connectivity index (χ1v) is 4.68. The number of hydrogen-bond acceptors (Lipinski definition) is 6. The Kier molecular flexibility index (Phi) is 4.43. The molecule has 9 nitrogen and oxygen atoms in total. The summed E-state index contributed by atoms with van der Waals surface area (Å²) in [6, 6.07) is 7.49. The van der Waals surface area contributed by atoms with Gasteiger partial charge in [0.1, 0.15) is 5.75 Å². The Labute approximate surface area is 101 Å². The fraction of sp³-hybridized carbons (Fsp3) is 0.111. The van der Waals surface area contributed by atoms with Crippen LogP contribution in [0.25, 0.3) is 11.4 Å². The van der Waals surface area contributed by atoms with Gasteiger partial charge in [-0.3, -0.25) is 5.10 Å². The molecule has 18 heavy (non-hydrogen) atoms. The molecular formula is C9H11N5O4. The summed E-state index contributed by atoms with van der Waals surface area (Å²) < 4.78 is 5.04. The van der Waals surface area contributed by atoms with Crippen molar-refractivity contribution in [3.63, 3.8) is 0 Å². The van der Waals surface area contributed by atoms with E-state index in [9.17, 15) is 0 Å². The van der Waals surface area contributed by atoms with E-state index in [-0.39, 0.29) is 5.95 Å². The Balaban J connectivity index is 0.000000357. The zero-order chi connectivity index (χ0) is 13.5. The van der Waals surface area contributed by atoms with E-state index in [1.807, 2.05) is 24.3 Å². The minimum absolute atomic E-state index is 0.246. The molecule has 4 N–H and O–H groups in total. The van der Waals surface area contributed by atoms with E-state index in [0.717, 1.165) is 11.3 Å². The summed E-state index contributed by atoms with van der Waals surface area (Å²) in [5.74, 6) is 1.71. The number of aromatic nitrogens is 3. The first kappa shape index (κ1) is 13.2. The third-order valence-corrected chi connectivity index (χ3v) is 1.87. The predicted octanol–water partition coefficient (Wildman–Crippen LogP) is 0.715. The predicted molar refractivity (Wildman–Crippen MR) is 61.6 cm³/mol. The van der Waals surface area contributed by atoms with Crippen molar-refractivity contribution in [2.45, 2.75) is 0 Å². The highest BCUT2D eigenvalue weighted by atomic mass is 16.9. The summed E-state index contributed by atoms with van der Waals surface area (Å²) in [5, 5.41) is 20.1. The first-order chi connectivity index (χ1) is 8.52. The molecule has 0 aliphatic heterocycles. The third-order valence-electron chi connectivity index (χ3n) is 1.87. The van der Waals surface area contributed by atoms with E-state index in [2.05, 4.69) is 15.2 Å². The molecule has 96 valence electrons. The van der Waals surface area contributed by atoms with Crippen molar-refractivity contribution < 1.29 is 15.0 Å². The lowest BCUT2D eigenvalue weighted by Crippen LogP contribution is -1.86. The molecule has 1 heterocycles. The van der Waals surface area contributed by atoms with E-state index in [1.165, 1.54) is 0 Å². The van der Waals surface area contributed by atoms with Crippen LogP contribution in [0.1, 0.15) is 0 Å². The van der Waals surface area contributed by atoms with Crippen molar-refractivity contribution in [1.82, 2.24) is 15.2 Å². The third kappa shape index (κ3) is 3.96. The SMILES string of the molecule is COc1ccc(-c2nc(N)n[nH]2)cc1.O=[N+]([O-])O. The maximum Gasteiger partial charge on any atom is 0.291 e. The summed E-state index contributed by atoms with van der Waals surface area (Å²) in [5.41, 5.74) is 6.32. The second kappa shape index (κ2) is 6.03. The second-order valence-corrected chi connectivity index (χ2v) is 3.01. The van der Waals surface area contributed by atoms with Crippen LogP contribution >= 0.6 is 0 Å². The summed E-state index contributed by atoms with van der Waals surface area (Å²) in [6.07, 6.45) is 0. The number of nitrogens with one attached hydrogen (secondary N) is 1. The van der Waals surface area contributed by atoms with Crippen molar-refractivity contribution in [3.8, 4) is 17.1 Å². The Morgan fingerprint density at radius 3 is 2.39 bits per heavy atom. The van der Waals surface area contributed by atoms with Crippen LogP contribution in [0, 0.1) is 10.1 Å². The molecule has 1 aromatic heterocycles. The monoisotopic (exact) mass is 253 g/mol. The molecule has 0 amide bonds. The Bertz CT molecular complexity index is 506. The number of methoxy groups -OCH3 is 1. The highest BCUT2D eigenvalue weighted by Gasteiger charge is 2.02. The van der Waals surface area contributed by atoms with Crippen LogP contribution in [-0.2, 0) is 0 Å².